The van der Waals surface area contributed by atoms with Gasteiger partial charge in [0, 0.05) is 36.9 Å². The number of rotatable bonds is 5. The Kier molecular flexibility index (Phi) is 3.87. The van der Waals surface area contributed by atoms with Gasteiger partial charge in [0.15, 0.2) is 0 Å². The quantitative estimate of drug-likeness (QED) is 0.719. The van der Waals surface area contributed by atoms with E-state index in [1.807, 2.05) is 29.3 Å². The number of nitrogens with zero attached hydrogens (tertiary/aromatic N) is 6. The second-order valence-corrected chi connectivity index (χ2v) is 6.29. The normalized spacial score (nSPS) is 13.4. The van der Waals surface area contributed by atoms with E-state index in [4.69, 9.17) is 5.10 Å². The maximum Gasteiger partial charge on any atom is 0.120 e. The van der Waals surface area contributed by atoms with E-state index in [1.165, 1.54) is 5.56 Å². The fourth-order valence-corrected chi connectivity index (χ4v) is 3.10. The number of pyridine rings is 1. The fourth-order valence-electron chi connectivity index (χ4n) is 3.10. The van der Waals surface area contributed by atoms with E-state index in [9.17, 15) is 0 Å². The molecule has 1 N–H and O–H groups in total. The van der Waals surface area contributed by atoms with E-state index in [-0.39, 0.29) is 0 Å². The Balaban J connectivity index is 1.70. The molecule has 124 valence electrons. The third kappa shape index (κ3) is 2.61. The standard InChI is InChI=1S/C17H21N7/c1-22(2)8-3-5-20-24-12-13-4-6-18-10-14(13)16-17(24)15-11-19-7-9-23(15)21-16/h4,6-7,9-11,20H,3,5,8,12H2,1-2H3. The molecule has 0 aliphatic carbocycles. The summed E-state index contributed by atoms with van der Waals surface area (Å²) in [6.45, 7) is 2.77. The predicted octanol–water partition coefficient (Wildman–Crippen LogP) is 1.57. The number of fused-ring (bicyclic) bond motifs is 5. The number of anilines is 1. The minimum Gasteiger partial charge on any atom is -0.309 e. The van der Waals surface area contributed by atoms with E-state index < -0.39 is 0 Å². The molecule has 7 nitrogen and oxygen atoms in total. The Morgan fingerprint density at radius 2 is 2.08 bits per heavy atom. The molecule has 0 saturated carbocycles. The Labute approximate surface area is 140 Å². The van der Waals surface area contributed by atoms with Crippen molar-refractivity contribution >= 4 is 11.2 Å². The predicted molar refractivity (Wildman–Crippen MR) is 93.6 cm³/mol. The van der Waals surface area contributed by atoms with Crippen LogP contribution in [0.15, 0.2) is 37.1 Å². The molecule has 1 aliphatic rings. The largest absolute Gasteiger partial charge is 0.309 e. The third-order valence-corrected chi connectivity index (χ3v) is 4.26. The lowest BCUT2D eigenvalue weighted by Gasteiger charge is -2.30. The van der Waals surface area contributed by atoms with Crippen LogP contribution in [0.25, 0.3) is 16.8 Å². The highest BCUT2D eigenvalue weighted by molar-refractivity contribution is 5.90. The maximum atomic E-state index is 4.75. The summed E-state index contributed by atoms with van der Waals surface area (Å²) in [7, 11) is 4.19. The highest BCUT2D eigenvalue weighted by Crippen LogP contribution is 2.39. The van der Waals surface area contributed by atoms with Gasteiger partial charge in [-0.25, -0.2) is 9.94 Å². The van der Waals surface area contributed by atoms with Gasteiger partial charge in [-0.1, -0.05) is 0 Å². The number of hydrogen-bond acceptors (Lipinski definition) is 6. The number of nitrogens with one attached hydrogen (secondary N) is 1. The Bertz CT molecular complexity index is 855. The SMILES string of the molecule is CN(C)CCCNN1Cc2ccncc2-c2nn3ccncc3c21. The van der Waals surface area contributed by atoms with E-state index in [0.717, 1.165) is 48.5 Å². The third-order valence-electron chi connectivity index (χ3n) is 4.26. The van der Waals surface area contributed by atoms with Crippen molar-refractivity contribution in [2.24, 2.45) is 0 Å². The molecule has 24 heavy (non-hydrogen) atoms. The molecule has 3 aromatic rings. The first-order valence-electron chi connectivity index (χ1n) is 8.15. The van der Waals surface area contributed by atoms with Crippen molar-refractivity contribution in [3.63, 3.8) is 0 Å². The van der Waals surface area contributed by atoms with Gasteiger partial charge < -0.3 is 4.90 Å². The summed E-state index contributed by atoms with van der Waals surface area (Å²) in [6, 6.07) is 2.06. The molecule has 4 rings (SSSR count). The fraction of sp³-hybridized carbons (Fsp3) is 0.353. The second kappa shape index (κ2) is 6.18. The molecular weight excluding hydrogens is 302 g/mol. The molecular formula is C17H21N7. The summed E-state index contributed by atoms with van der Waals surface area (Å²) in [5, 5.41) is 6.94. The molecule has 0 spiro atoms. The van der Waals surface area contributed by atoms with Crippen LogP contribution in [-0.4, -0.2) is 51.7 Å². The molecule has 0 fully saturated rings. The Morgan fingerprint density at radius 3 is 2.96 bits per heavy atom. The molecule has 1 aliphatic heterocycles. The van der Waals surface area contributed by atoms with Gasteiger partial charge in [0.05, 0.1) is 12.7 Å². The number of aromatic nitrogens is 4. The molecule has 3 aromatic heterocycles. The highest BCUT2D eigenvalue weighted by Gasteiger charge is 2.27. The van der Waals surface area contributed by atoms with Crippen molar-refractivity contribution < 1.29 is 0 Å². The maximum absolute atomic E-state index is 4.75. The first kappa shape index (κ1) is 15.0. The zero-order valence-electron chi connectivity index (χ0n) is 14.0. The van der Waals surface area contributed by atoms with Crippen LogP contribution in [0.4, 0.5) is 5.69 Å². The molecule has 0 saturated heterocycles. The summed E-state index contributed by atoms with van der Waals surface area (Å²) in [5.74, 6) is 0. The van der Waals surface area contributed by atoms with Gasteiger partial charge in [-0.2, -0.15) is 5.10 Å². The van der Waals surface area contributed by atoms with Gasteiger partial charge in [-0.15, -0.1) is 0 Å². The van der Waals surface area contributed by atoms with Crippen molar-refractivity contribution in [3.8, 4) is 11.3 Å². The highest BCUT2D eigenvalue weighted by atomic mass is 15.5. The smallest absolute Gasteiger partial charge is 0.120 e. The van der Waals surface area contributed by atoms with Crippen LogP contribution in [0, 0.1) is 0 Å². The van der Waals surface area contributed by atoms with Gasteiger partial charge in [-0.05, 0) is 38.7 Å². The lowest BCUT2D eigenvalue weighted by molar-refractivity contribution is 0.392. The van der Waals surface area contributed by atoms with Crippen LogP contribution in [-0.2, 0) is 6.54 Å². The number of hydrazine groups is 1. The average Bonchev–Trinajstić information content (AvgIpc) is 2.98. The monoisotopic (exact) mass is 323 g/mol. The van der Waals surface area contributed by atoms with Crippen LogP contribution in [0.1, 0.15) is 12.0 Å². The second-order valence-electron chi connectivity index (χ2n) is 6.29. The van der Waals surface area contributed by atoms with Crippen LogP contribution in [0.3, 0.4) is 0 Å². The Morgan fingerprint density at radius 1 is 1.21 bits per heavy atom. The van der Waals surface area contributed by atoms with Crippen LogP contribution < -0.4 is 10.4 Å². The summed E-state index contributed by atoms with van der Waals surface area (Å²) in [5.41, 5.74) is 8.92. The van der Waals surface area contributed by atoms with Gasteiger partial charge in [0.25, 0.3) is 0 Å². The summed E-state index contributed by atoms with van der Waals surface area (Å²) < 4.78 is 1.88. The van der Waals surface area contributed by atoms with Crippen molar-refractivity contribution in [3.05, 3.63) is 42.6 Å². The lowest BCUT2D eigenvalue weighted by Crippen LogP contribution is -2.40. The minimum atomic E-state index is 0.795. The van der Waals surface area contributed by atoms with Crippen LogP contribution >= 0.6 is 0 Å². The van der Waals surface area contributed by atoms with Crippen molar-refractivity contribution in [2.75, 3.05) is 32.2 Å². The van der Waals surface area contributed by atoms with Crippen LogP contribution in [0.2, 0.25) is 0 Å². The van der Waals surface area contributed by atoms with E-state index in [1.54, 1.807) is 6.20 Å². The van der Waals surface area contributed by atoms with Crippen LogP contribution in [0.5, 0.6) is 0 Å². The molecule has 0 unspecified atom stereocenters. The van der Waals surface area contributed by atoms with Gasteiger partial charge >= 0.3 is 0 Å². The molecule has 0 radical (unpaired) electrons. The zero-order chi connectivity index (χ0) is 16.5. The first-order chi connectivity index (χ1) is 11.7. The minimum absolute atomic E-state index is 0.795. The topological polar surface area (TPSA) is 61.6 Å². The van der Waals surface area contributed by atoms with E-state index in [0.29, 0.717) is 0 Å². The van der Waals surface area contributed by atoms with Crippen molar-refractivity contribution in [1.82, 2.24) is 29.9 Å². The molecule has 0 aromatic carbocycles. The van der Waals surface area contributed by atoms with Crippen molar-refractivity contribution in [2.45, 2.75) is 13.0 Å². The lowest BCUT2D eigenvalue weighted by atomic mass is 10.0. The Hall–Kier alpha value is -2.51. The zero-order valence-corrected chi connectivity index (χ0v) is 14.0. The number of hydrogen-bond donors (Lipinski definition) is 1. The van der Waals surface area contributed by atoms with E-state index in [2.05, 4.69) is 45.5 Å². The molecule has 0 bridgehead atoms. The molecule has 7 heteroatoms. The van der Waals surface area contributed by atoms with Crippen molar-refractivity contribution in [1.29, 1.82) is 0 Å². The summed E-state index contributed by atoms with van der Waals surface area (Å²) in [4.78, 5) is 10.7. The average molecular weight is 323 g/mol. The van der Waals surface area contributed by atoms with Gasteiger partial charge in [0.1, 0.15) is 16.9 Å². The van der Waals surface area contributed by atoms with Gasteiger partial charge in [0.2, 0.25) is 0 Å². The summed E-state index contributed by atoms with van der Waals surface area (Å²) in [6.07, 6.45) is 10.3. The molecule has 0 atom stereocenters. The van der Waals surface area contributed by atoms with Gasteiger partial charge in [-0.3, -0.25) is 15.0 Å². The molecule has 0 amide bonds. The summed E-state index contributed by atoms with van der Waals surface area (Å²) >= 11 is 0. The first-order valence-corrected chi connectivity index (χ1v) is 8.15. The van der Waals surface area contributed by atoms with E-state index >= 15 is 0 Å². The molecule has 4 heterocycles.